The van der Waals surface area contributed by atoms with Gasteiger partial charge in [0.2, 0.25) is 0 Å². The molecule has 1 atom stereocenters. The van der Waals surface area contributed by atoms with Gasteiger partial charge in [-0.25, -0.2) is 4.79 Å². The molecule has 0 aliphatic rings. The third-order valence-electron chi connectivity index (χ3n) is 2.72. The molecule has 0 fully saturated rings. The number of carbonyl (C=O) groups is 1. The van der Waals surface area contributed by atoms with Crippen molar-refractivity contribution in [1.82, 2.24) is 4.98 Å². The second-order valence-corrected chi connectivity index (χ2v) is 4.96. The molecule has 1 unspecified atom stereocenters. The van der Waals surface area contributed by atoms with Gasteiger partial charge in [0.25, 0.3) is 0 Å². The number of carboxylic acid groups (broad SMARTS) is 1. The smallest absolute Gasteiger partial charge is 0.339 e. The van der Waals surface area contributed by atoms with Crippen molar-refractivity contribution in [3.8, 4) is 0 Å². The lowest BCUT2D eigenvalue weighted by atomic mass is 9.88. The fourth-order valence-electron chi connectivity index (χ4n) is 1.14. The van der Waals surface area contributed by atoms with Crippen LogP contribution in [-0.4, -0.2) is 22.1 Å². The van der Waals surface area contributed by atoms with Gasteiger partial charge in [0.05, 0.1) is 5.69 Å². The average Bonchev–Trinajstić information content (AvgIpc) is 2.16. The van der Waals surface area contributed by atoms with E-state index in [9.17, 15) is 4.79 Å². The number of nitrogens with zero attached hydrogens (tertiary/aromatic N) is 1. The Morgan fingerprint density at radius 2 is 2.12 bits per heavy atom. The topological polar surface area (TPSA) is 62.2 Å². The highest BCUT2D eigenvalue weighted by Gasteiger charge is 2.21. The first-order chi connectivity index (χ1) is 7.32. The van der Waals surface area contributed by atoms with E-state index in [1.165, 1.54) is 6.20 Å². The van der Waals surface area contributed by atoms with Crippen molar-refractivity contribution in [2.45, 2.75) is 33.7 Å². The van der Waals surface area contributed by atoms with Crippen LogP contribution in [0.25, 0.3) is 0 Å². The molecule has 0 spiro atoms. The predicted octanol–water partition coefficient (Wildman–Crippen LogP) is 2.63. The molecule has 0 aliphatic heterocycles. The Labute approximate surface area is 95.7 Å². The predicted molar refractivity (Wildman–Crippen MR) is 63.7 cm³/mol. The third kappa shape index (κ3) is 2.95. The second kappa shape index (κ2) is 4.51. The first-order valence-corrected chi connectivity index (χ1v) is 5.26. The summed E-state index contributed by atoms with van der Waals surface area (Å²) in [5.74, 6) is -0.961. The van der Waals surface area contributed by atoms with Crippen molar-refractivity contribution in [2.24, 2.45) is 5.41 Å². The van der Waals surface area contributed by atoms with Crippen LogP contribution in [0.5, 0.6) is 0 Å². The van der Waals surface area contributed by atoms with E-state index < -0.39 is 5.97 Å². The van der Waals surface area contributed by atoms with Crippen LogP contribution in [0.3, 0.4) is 0 Å². The Kier molecular flexibility index (Phi) is 3.52. The minimum absolute atomic E-state index is 0.0685. The second-order valence-electron chi connectivity index (χ2n) is 4.96. The van der Waals surface area contributed by atoms with Crippen LogP contribution in [0, 0.1) is 5.41 Å². The number of carboxylic acids is 1. The maximum atomic E-state index is 11.0. The molecule has 1 aromatic heterocycles. The van der Waals surface area contributed by atoms with Gasteiger partial charge >= 0.3 is 5.97 Å². The average molecular weight is 222 g/mol. The number of pyridine rings is 1. The van der Waals surface area contributed by atoms with Crippen molar-refractivity contribution in [2.75, 3.05) is 5.32 Å². The van der Waals surface area contributed by atoms with Crippen LogP contribution in [0.1, 0.15) is 38.1 Å². The quantitative estimate of drug-likeness (QED) is 0.825. The highest BCUT2D eigenvalue weighted by atomic mass is 16.4. The van der Waals surface area contributed by atoms with Crippen LogP contribution in [-0.2, 0) is 0 Å². The van der Waals surface area contributed by atoms with Crippen LogP contribution in [0.4, 0.5) is 5.69 Å². The van der Waals surface area contributed by atoms with E-state index in [0.29, 0.717) is 5.69 Å². The Morgan fingerprint density at radius 3 is 2.62 bits per heavy atom. The van der Waals surface area contributed by atoms with Gasteiger partial charge in [-0.2, -0.15) is 0 Å². The van der Waals surface area contributed by atoms with Crippen LogP contribution < -0.4 is 5.32 Å². The molecule has 4 heteroatoms. The molecule has 1 aromatic rings. The lowest BCUT2D eigenvalue weighted by molar-refractivity contribution is 0.0697. The zero-order chi connectivity index (χ0) is 12.3. The summed E-state index contributed by atoms with van der Waals surface area (Å²) in [6, 6.07) is 1.86. The van der Waals surface area contributed by atoms with Gasteiger partial charge in [-0.3, -0.25) is 4.98 Å². The van der Waals surface area contributed by atoms with Gasteiger partial charge in [0.15, 0.2) is 0 Å². The normalized spacial score (nSPS) is 13.2. The number of hydrogen-bond acceptors (Lipinski definition) is 3. The van der Waals surface area contributed by atoms with Crippen molar-refractivity contribution in [3.05, 3.63) is 24.0 Å². The minimum atomic E-state index is -0.961. The number of rotatable bonds is 3. The fraction of sp³-hybridized carbons (Fsp3) is 0.500. The molecule has 0 saturated heterocycles. The molecule has 0 aromatic carbocycles. The molecule has 88 valence electrons. The van der Waals surface area contributed by atoms with Crippen molar-refractivity contribution >= 4 is 11.7 Å². The number of aromatic nitrogens is 1. The summed E-state index contributed by atoms with van der Waals surface area (Å²) in [4.78, 5) is 14.8. The molecule has 0 aliphatic carbocycles. The van der Waals surface area contributed by atoms with Crippen LogP contribution >= 0.6 is 0 Å². The highest BCUT2D eigenvalue weighted by Crippen LogP contribution is 2.24. The summed E-state index contributed by atoms with van der Waals surface area (Å²) in [5, 5.41) is 12.2. The summed E-state index contributed by atoms with van der Waals surface area (Å²) in [6.45, 7) is 8.34. The SMILES string of the molecule is CC(Nc1ccncc1C(=O)O)C(C)(C)C. The standard InChI is InChI=1S/C12H18N2O2/c1-8(12(2,3)4)14-10-5-6-13-7-9(10)11(15)16/h5-8H,1-4H3,(H,13,14)(H,15,16). The first kappa shape index (κ1) is 12.5. The van der Waals surface area contributed by atoms with E-state index in [2.05, 4.69) is 31.1 Å². The minimum Gasteiger partial charge on any atom is -0.478 e. The summed E-state index contributed by atoms with van der Waals surface area (Å²) in [6.07, 6.45) is 2.95. The summed E-state index contributed by atoms with van der Waals surface area (Å²) < 4.78 is 0. The maximum absolute atomic E-state index is 11.0. The highest BCUT2D eigenvalue weighted by molar-refractivity contribution is 5.93. The number of hydrogen-bond donors (Lipinski definition) is 2. The van der Waals surface area contributed by atoms with Crippen molar-refractivity contribution in [1.29, 1.82) is 0 Å². The molecule has 4 nitrogen and oxygen atoms in total. The molecular weight excluding hydrogens is 204 g/mol. The molecular formula is C12H18N2O2. The summed E-state index contributed by atoms with van der Waals surface area (Å²) >= 11 is 0. The Bertz CT molecular complexity index is 383. The number of aromatic carboxylic acids is 1. The summed E-state index contributed by atoms with van der Waals surface area (Å²) in [7, 11) is 0. The van der Waals surface area contributed by atoms with E-state index in [0.717, 1.165) is 0 Å². The zero-order valence-corrected chi connectivity index (χ0v) is 10.1. The van der Waals surface area contributed by atoms with Gasteiger partial charge < -0.3 is 10.4 Å². The van der Waals surface area contributed by atoms with E-state index in [1.54, 1.807) is 12.3 Å². The molecule has 2 N–H and O–H groups in total. The Morgan fingerprint density at radius 1 is 1.50 bits per heavy atom. The van der Waals surface area contributed by atoms with Gasteiger partial charge in [-0.1, -0.05) is 20.8 Å². The van der Waals surface area contributed by atoms with E-state index >= 15 is 0 Å². The maximum Gasteiger partial charge on any atom is 0.339 e. The van der Waals surface area contributed by atoms with Gasteiger partial charge in [0.1, 0.15) is 5.56 Å². The molecule has 1 rings (SSSR count). The van der Waals surface area contributed by atoms with Crippen LogP contribution in [0.2, 0.25) is 0 Å². The zero-order valence-electron chi connectivity index (χ0n) is 10.1. The van der Waals surface area contributed by atoms with E-state index in [4.69, 9.17) is 5.11 Å². The van der Waals surface area contributed by atoms with Gasteiger partial charge in [-0.05, 0) is 18.4 Å². The van der Waals surface area contributed by atoms with E-state index in [1.807, 2.05) is 6.92 Å². The molecule has 0 amide bonds. The van der Waals surface area contributed by atoms with Crippen LogP contribution in [0.15, 0.2) is 18.5 Å². The molecule has 1 heterocycles. The molecule has 0 radical (unpaired) electrons. The Balaban J connectivity index is 2.93. The van der Waals surface area contributed by atoms with Crippen molar-refractivity contribution < 1.29 is 9.90 Å². The lowest BCUT2D eigenvalue weighted by Gasteiger charge is -2.29. The van der Waals surface area contributed by atoms with E-state index in [-0.39, 0.29) is 17.0 Å². The van der Waals surface area contributed by atoms with Gasteiger partial charge in [-0.15, -0.1) is 0 Å². The largest absolute Gasteiger partial charge is 0.478 e. The van der Waals surface area contributed by atoms with Gasteiger partial charge in [0, 0.05) is 18.4 Å². The first-order valence-electron chi connectivity index (χ1n) is 5.26. The Hall–Kier alpha value is -1.58. The van der Waals surface area contributed by atoms with Crippen molar-refractivity contribution in [3.63, 3.8) is 0 Å². The monoisotopic (exact) mass is 222 g/mol. The molecule has 16 heavy (non-hydrogen) atoms. The summed E-state index contributed by atoms with van der Waals surface area (Å²) in [5.41, 5.74) is 0.891. The molecule has 0 bridgehead atoms. The third-order valence-corrected chi connectivity index (χ3v) is 2.72. The number of nitrogens with one attached hydrogen (secondary N) is 1. The number of anilines is 1. The molecule has 0 saturated carbocycles. The fourth-order valence-corrected chi connectivity index (χ4v) is 1.14. The lowest BCUT2D eigenvalue weighted by Crippen LogP contribution is -2.31.